The summed E-state index contributed by atoms with van der Waals surface area (Å²) in [5, 5.41) is 2.18. The second-order valence-electron chi connectivity index (χ2n) is 3.67. The van der Waals surface area contributed by atoms with Crippen molar-refractivity contribution in [2.24, 2.45) is 0 Å². The van der Waals surface area contributed by atoms with Crippen LogP contribution in [0.25, 0.3) is 10.9 Å². The predicted molar refractivity (Wildman–Crippen MR) is 75.1 cm³/mol. The largest absolute Gasteiger partial charge is 0.467 e. The first-order valence-electron chi connectivity index (χ1n) is 5.59. The zero-order valence-corrected chi connectivity index (χ0v) is 11.9. The molecule has 0 atom stereocenters. The number of para-hydroxylation sites is 1. The first kappa shape index (κ1) is 13.0. The van der Waals surface area contributed by atoms with Crippen LogP contribution in [0.1, 0.15) is 0 Å². The van der Waals surface area contributed by atoms with Gasteiger partial charge < -0.3 is 4.74 Å². The molecule has 20 heavy (non-hydrogen) atoms. The summed E-state index contributed by atoms with van der Waals surface area (Å²) in [5.41, 5.74) is 0.858. The molecule has 0 fully saturated rings. The summed E-state index contributed by atoms with van der Waals surface area (Å²) in [7, 11) is 1.47. The molecule has 0 spiro atoms. The summed E-state index contributed by atoms with van der Waals surface area (Å²) in [4.78, 5) is 20.5. The predicted octanol–water partition coefficient (Wildman–Crippen LogP) is 2.63. The Morgan fingerprint density at radius 1 is 1.10 bits per heavy atom. The number of aromatic nitrogens is 5. The van der Waals surface area contributed by atoms with Crippen LogP contribution in [-0.4, -0.2) is 32.0 Å². The monoisotopic (exact) mass is 305 g/mol. The zero-order chi connectivity index (χ0) is 13.9. The summed E-state index contributed by atoms with van der Waals surface area (Å²) in [6.45, 7) is 0. The van der Waals surface area contributed by atoms with E-state index in [1.807, 2.05) is 24.3 Å². The molecule has 3 aromatic rings. The number of halogens is 1. The van der Waals surface area contributed by atoms with Crippen LogP contribution in [0.5, 0.6) is 6.01 Å². The third-order valence-electron chi connectivity index (χ3n) is 2.44. The van der Waals surface area contributed by atoms with Crippen LogP contribution in [0, 0.1) is 0 Å². The summed E-state index contributed by atoms with van der Waals surface area (Å²) >= 11 is 7.11. The molecular formula is C12H8ClN5OS. The molecule has 2 heterocycles. The fourth-order valence-electron chi connectivity index (χ4n) is 1.60. The molecule has 0 bridgehead atoms. The third-order valence-corrected chi connectivity index (χ3v) is 3.50. The SMILES string of the molecule is COc1nc(Cl)nc(Sc2ncnc3ccccc23)n1. The normalized spacial score (nSPS) is 10.7. The third kappa shape index (κ3) is 2.63. The molecule has 1 aromatic carbocycles. The van der Waals surface area contributed by atoms with Crippen molar-refractivity contribution in [3.8, 4) is 6.01 Å². The average Bonchev–Trinajstić information content (AvgIpc) is 2.47. The molecular weight excluding hydrogens is 298 g/mol. The van der Waals surface area contributed by atoms with Gasteiger partial charge in [0.15, 0.2) is 0 Å². The molecule has 0 aliphatic rings. The number of ether oxygens (including phenoxy) is 1. The molecule has 0 aliphatic carbocycles. The topological polar surface area (TPSA) is 73.7 Å². The number of hydrogen-bond acceptors (Lipinski definition) is 7. The maximum absolute atomic E-state index is 5.82. The van der Waals surface area contributed by atoms with E-state index >= 15 is 0 Å². The Bertz CT molecular complexity index is 764. The van der Waals surface area contributed by atoms with Gasteiger partial charge in [0.1, 0.15) is 11.4 Å². The molecule has 0 saturated heterocycles. The van der Waals surface area contributed by atoms with Crippen molar-refractivity contribution >= 4 is 34.3 Å². The molecule has 0 N–H and O–H groups in total. The molecule has 0 amide bonds. The van der Waals surface area contributed by atoms with Crippen LogP contribution in [0.2, 0.25) is 5.28 Å². The van der Waals surface area contributed by atoms with Crippen LogP contribution < -0.4 is 4.74 Å². The smallest absolute Gasteiger partial charge is 0.321 e. The molecule has 3 rings (SSSR count). The van der Waals surface area contributed by atoms with E-state index in [1.54, 1.807) is 0 Å². The van der Waals surface area contributed by atoms with Gasteiger partial charge >= 0.3 is 6.01 Å². The van der Waals surface area contributed by atoms with Crippen molar-refractivity contribution in [3.63, 3.8) is 0 Å². The quantitative estimate of drug-likeness (QED) is 0.689. The van der Waals surface area contributed by atoms with Gasteiger partial charge in [-0.05, 0) is 29.4 Å². The number of rotatable bonds is 3. The van der Waals surface area contributed by atoms with E-state index in [0.717, 1.165) is 15.9 Å². The van der Waals surface area contributed by atoms with E-state index in [0.29, 0.717) is 5.16 Å². The first-order chi connectivity index (χ1) is 9.76. The Morgan fingerprint density at radius 2 is 1.95 bits per heavy atom. The van der Waals surface area contributed by atoms with Crippen molar-refractivity contribution in [3.05, 3.63) is 35.9 Å². The Labute approximate surface area is 123 Å². The Balaban J connectivity index is 2.03. The van der Waals surface area contributed by atoms with Crippen molar-refractivity contribution in [1.29, 1.82) is 0 Å². The molecule has 8 heteroatoms. The van der Waals surface area contributed by atoms with Crippen molar-refractivity contribution < 1.29 is 4.74 Å². The van der Waals surface area contributed by atoms with Gasteiger partial charge in [0.25, 0.3) is 0 Å². The highest BCUT2D eigenvalue weighted by molar-refractivity contribution is 7.99. The summed E-state index contributed by atoms with van der Waals surface area (Å²) in [5.74, 6) is 0. The van der Waals surface area contributed by atoms with Crippen LogP contribution in [0.15, 0.2) is 40.8 Å². The number of hydrogen-bond donors (Lipinski definition) is 0. The van der Waals surface area contributed by atoms with Gasteiger partial charge in [0, 0.05) is 5.39 Å². The van der Waals surface area contributed by atoms with E-state index in [2.05, 4.69) is 24.9 Å². The van der Waals surface area contributed by atoms with Gasteiger partial charge in [-0.2, -0.15) is 15.0 Å². The highest BCUT2D eigenvalue weighted by Gasteiger charge is 2.10. The molecule has 2 aromatic heterocycles. The molecule has 0 saturated carbocycles. The number of benzene rings is 1. The fraction of sp³-hybridized carbons (Fsp3) is 0.0833. The van der Waals surface area contributed by atoms with Crippen molar-refractivity contribution in [2.75, 3.05) is 7.11 Å². The first-order valence-corrected chi connectivity index (χ1v) is 6.79. The van der Waals surface area contributed by atoms with E-state index < -0.39 is 0 Å². The summed E-state index contributed by atoms with van der Waals surface area (Å²) in [6.07, 6.45) is 1.50. The molecule has 0 unspecified atom stereocenters. The second-order valence-corrected chi connectivity index (χ2v) is 4.97. The van der Waals surface area contributed by atoms with Crippen LogP contribution >= 0.6 is 23.4 Å². The van der Waals surface area contributed by atoms with Gasteiger partial charge in [-0.25, -0.2) is 9.97 Å². The van der Waals surface area contributed by atoms with E-state index in [9.17, 15) is 0 Å². The van der Waals surface area contributed by atoms with Crippen LogP contribution in [0.3, 0.4) is 0 Å². The van der Waals surface area contributed by atoms with Crippen molar-refractivity contribution in [2.45, 2.75) is 10.2 Å². The van der Waals surface area contributed by atoms with E-state index in [-0.39, 0.29) is 11.3 Å². The summed E-state index contributed by atoms with van der Waals surface area (Å²) in [6, 6.07) is 7.88. The zero-order valence-electron chi connectivity index (χ0n) is 10.3. The van der Waals surface area contributed by atoms with Crippen LogP contribution in [-0.2, 0) is 0 Å². The van der Waals surface area contributed by atoms with Crippen molar-refractivity contribution in [1.82, 2.24) is 24.9 Å². The number of fused-ring (bicyclic) bond motifs is 1. The highest BCUT2D eigenvalue weighted by Crippen LogP contribution is 2.29. The van der Waals surface area contributed by atoms with Gasteiger partial charge in [-0.3, -0.25) is 0 Å². The average molecular weight is 306 g/mol. The second kappa shape index (κ2) is 5.56. The molecule has 100 valence electrons. The van der Waals surface area contributed by atoms with Gasteiger partial charge in [-0.1, -0.05) is 18.2 Å². The lowest BCUT2D eigenvalue weighted by atomic mass is 10.2. The minimum atomic E-state index is 0.0812. The lowest BCUT2D eigenvalue weighted by Gasteiger charge is -2.04. The van der Waals surface area contributed by atoms with Gasteiger partial charge in [0.2, 0.25) is 10.4 Å². The minimum absolute atomic E-state index is 0.0812. The Kier molecular flexibility index (Phi) is 3.62. The minimum Gasteiger partial charge on any atom is -0.467 e. The van der Waals surface area contributed by atoms with Gasteiger partial charge in [-0.15, -0.1) is 0 Å². The fourth-order valence-corrected chi connectivity index (χ4v) is 2.61. The molecule has 0 aliphatic heterocycles. The van der Waals surface area contributed by atoms with Gasteiger partial charge in [0.05, 0.1) is 12.6 Å². The Morgan fingerprint density at radius 3 is 2.80 bits per heavy atom. The highest BCUT2D eigenvalue weighted by atomic mass is 35.5. The number of methoxy groups -OCH3 is 1. The summed E-state index contributed by atoms with van der Waals surface area (Å²) < 4.78 is 4.97. The van der Waals surface area contributed by atoms with E-state index in [4.69, 9.17) is 16.3 Å². The number of nitrogens with zero attached hydrogens (tertiary/aromatic N) is 5. The Hall–Kier alpha value is -1.99. The maximum Gasteiger partial charge on any atom is 0.321 e. The lowest BCUT2D eigenvalue weighted by Crippen LogP contribution is -1.97. The van der Waals surface area contributed by atoms with Crippen LogP contribution in [0.4, 0.5) is 0 Å². The standard InChI is InChI=1S/C12H8ClN5OS/c1-19-11-16-10(13)17-12(18-11)20-9-7-4-2-3-5-8(7)14-6-15-9/h2-6H,1H3. The molecule has 0 radical (unpaired) electrons. The molecule has 6 nitrogen and oxygen atoms in total. The lowest BCUT2D eigenvalue weighted by molar-refractivity contribution is 0.373. The van der Waals surface area contributed by atoms with E-state index in [1.165, 1.54) is 25.2 Å². The maximum atomic E-state index is 5.82.